The van der Waals surface area contributed by atoms with Crippen molar-refractivity contribution < 1.29 is 9.18 Å². The number of pyridine rings is 1. The summed E-state index contributed by atoms with van der Waals surface area (Å²) in [6.07, 6.45) is 2.81. The highest BCUT2D eigenvalue weighted by Crippen LogP contribution is 2.09. The number of hydrogen-bond donors (Lipinski definition) is 1. The van der Waals surface area contributed by atoms with Crippen LogP contribution in [0.15, 0.2) is 53.6 Å². The summed E-state index contributed by atoms with van der Waals surface area (Å²) in [7, 11) is 0. The highest BCUT2D eigenvalue weighted by Gasteiger charge is 2.13. The van der Waals surface area contributed by atoms with Gasteiger partial charge in [0.15, 0.2) is 0 Å². The third-order valence-electron chi connectivity index (χ3n) is 3.55. The Morgan fingerprint density at radius 2 is 2.13 bits per heavy atom. The maximum Gasteiger partial charge on any atom is 0.270 e. The molecule has 0 unspecified atom stereocenters. The van der Waals surface area contributed by atoms with Gasteiger partial charge in [0.2, 0.25) is 0 Å². The fourth-order valence-electron chi connectivity index (χ4n) is 2.21. The van der Waals surface area contributed by atoms with Gasteiger partial charge in [0, 0.05) is 18.9 Å². The van der Waals surface area contributed by atoms with Gasteiger partial charge < -0.3 is 5.32 Å². The number of rotatable bonds is 3. The molecular weight excluding hydrogens is 297 g/mol. The second kappa shape index (κ2) is 6.00. The molecule has 1 amide bonds. The molecule has 2 aromatic heterocycles. The highest BCUT2D eigenvalue weighted by molar-refractivity contribution is 5.93. The minimum Gasteiger partial charge on any atom is -0.348 e. The van der Waals surface area contributed by atoms with E-state index in [2.05, 4.69) is 10.3 Å². The summed E-state index contributed by atoms with van der Waals surface area (Å²) >= 11 is 0. The summed E-state index contributed by atoms with van der Waals surface area (Å²) in [5.74, 6) is -0.870. The van der Waals surface area contributed by atoms with Crippen LogP contribution in [0.2, 0.25) is 0 Å². The third-order valence-corrected chi connectivity index (χ3v) is 3.55. The van der Waals surface area contributed by atoms with Crippen LogP contribution >= 0.6 is 0 Å². The molecule has 0 spiro atoms. The molecule has 0 aliphatic rings. The summed E-state index contributed by atoms with van der Waals surface area (Å²) in [6.45, 7) is 1.80. The lowest BCUT2D eigenvalue weighted by Crippen LogP contribution is -2.31. The summed E-state index contributed by atoms with van der Waals surface area (Å²) in [6, 6.07) is 9.85. The van der Waals surface area contributed by atoms with Crippen LogP contribution in [0, 0.1) is 12.7 Å². The van der Waals surface area contributed by atoms with E-state index in [1.807, 2.05) is 0 Å². The topological polar surface area (TPSA) is 63.5 Å². The number of fused-ring (bicyclic) bond motifs is 1. The first-order chi connectivity index (χ1) is 11.1. The summed E-state index contributed by atoms with van der Waals surface area (Å²) in [5.41, 5.74) is 1.13. The van der Waals surface area contributed by atoms with Crippen molar-refractivity contribution >= 4 is 11.6 Å². The van der Waals surface area contributed by atoms with Crippen LogP contribution in [0.4, 0.5) is 4.39 Å². The number of aryl methyl sites for hydroxylation is 1. The number of benzene rings is 1. The van der Waals surface area contributed by atoms with E-state index in [1.54, 1.807) is 43.5 Å². The van der Waals surface area contributed by atoms with E-state index in [-0.39, 0.29) is 17.9 Å². The van der Waals surface area contributed by atoms with Crippen LogP contribution in [-0.2, 0) is 6.54 Å². The van der Waals surface area contributed by atoms with Gasteiger partial charge in [-0.3, -0.25) is 14.0 Å². The van der Waals surface area contributed by atoms with Gasteiger partial charge in [-0.1, -0.05) is 18.2 Å². The van der Waals surface area contributed by atoms with Crippen molar-refractivity contribution in [1.29, 1.82) is 0 Å². The van der Waals surface area contributed by atoms with Gasteiger partial charge >= 0.3 is 0 Å². The van der Waals surface area contributed by atoms with Crippen molar-refractivity contribution in [2.24, 2.45) is 0 Å². The molecule has 116 valence electrons. The molecule has 0 fully saturated rings. The lowest BCUT2D eigenvalue weighted by Gasteiger charge is -2.07. The normalized spacial score (nSPS) is 10.7. The van der Waals surface area contributed by atoms with Crippen molar-refractivity contribution in [1.82, 2.24) is 14.7 Å². The molecule has 3 aromatic rings. The monoisotopic (exact) mass is 311 g/mol. The highest BCUT2D eigenvalue weighted by atomic mass is 19.1. The first-order valence-corrected chi connectivity index (χ1v) is 7.06. The Morgan fingerprint density at radius 3 is 2.91 bits per heavy atom. The molecular formula is C17H14FN3O2. The van der Waals surface area contributed by atoms with Gasteiger partial charge in [0.1, 0.15) is 17.0 Å². The van der Waals surface area contributed by atoms with Crippen molar-refractivity contribution in [3.05, 3.63) is 81.7 Å². The molecule has 3 rings (SSSR count). The molecule has 5 nitrogen and oxygen atoms in total. The van der Waals surface area contributed by atoms with E-state index < -0.39 is 11.5 Å². The SMILES string of the molecule is Cc1ccc(CNC(=O)c2cnc3ccccn3c2=O)cc1F. The van der Waals surface area contributed by atoms with E-state index in [4.69, 9.17) is 0 Å². The summed E-state index contributed by atoms with van der Waals surface area (Å²) < 4.78 is 14.8. The molecule has 0 aliphatic carbocycles. The van der Waals surface area contributed by atoms with E-state index in [0.717, 1.165) is 0 Å². The second-order valence-corrected chi connectivity index (χ2v) is 5.17. The van der Waals surface area contributed by atoms with E-state index in [1.165, 1.54) is 16.7 Å². The summed E-state index contributed by atoms with van der Waals surface area (Å²) in [4.78, 5) is 28.5. The first-order valence-electron chi connectivity index (χ1n) is 7.06. The van der Waals surface area contributed by atoms with Crippen molar-refractivity contribution in [2.45, 2.75) is 13.5 Å². The number of aromatic nitrogens is 2. The largest absolute Gasteiger partial charge is 0.348 e. The molecule has 0 aliphatic heterocycles. The van der Waals surface area contributed by atoms with E-state index >= 15 is 0 Å². The van der Waals surface area contributed by atoms with E-state index in [9.17, 15) is 14.0 Å². The predicted molar refractivity (Wildman–Crippen MR) is 83.8 cm³/mol. The number of carbonyl (C=O) groups is 1. The van der Waals surface area contributed by atoms with Crippen LogP contribution in [0.25, 0.3) is 5.65 Å². The lowest BCUT2D eigenvalue weighted by atomic mass is 10.1. The zero-order valence-electron chi connectivity index (χ0n) is 12.4. The molecule has 0 atom stereocenters. The van der Waals surface area contributed by atoms with Gasteiger partial charge in [-0.05, 0) is 36.2 Å². The molecule has 0 bridgehead atoms. The molecule has 0 radical (unpaired) electrons. The minimum absolute atomic E-state index is 0.0544. The van der Waals surface area contributed by atoms with E-state index in [0.29, 0.717) is 16.8 Å². The van der Waals surface area contributed by atoms with Crippen LogP contribution in [0.5, 0.6) is 0 Å². The van der Waals surface area contributed by atoms with Crippen LogP contribution in [-0.4, -0.2) is 15.3 Å². The average molecular weight is 311 g/mol. The van der Waals surface area contributed by atoms with Crippen molar-refractivity contribution in [2.75, 3.05) is 0 Å². The van der Waals surface area contributed by atoms with Gasteiger partial charge in [0.05, 0.1) is 0 Å². The number of nitrogens with zero attached hydrogens (tertiary/aromatic N) is 2. The predicted octanol–water partition coefficient (Wildman–Crippen LogP) is 2.07. The zero-order chi connectivity index (χ0) is 16.4. The maximum atomic E-state index is 13.5. The second-order valence-electron chi connectivity index (χ2n) is 5.17. The maximum absolute atomic E-state index is 13.5. The molecule has 2 heterocycles. The number of carbonyl (C=O) groups excluding carboxylic acids is 1. The quantitative estimate of drug-likeness (QED) is 0.805. The smallest absolute Gasteiger partial charge is 0.270 e. The number of halogens is 1. The molecule has 23 heavy (non-hydrogen) atoms. The fraction of sp³-hybridized carbons (Fsp3) is 0.118. The number of hydrogen-bond acceptors (Lipinski definition) is 3. The molecule has 1 N–H and O–H groups in total. The molecule has 1 aromatic carbocycles. The minimum atomic E-state index is -0.540. The van der Waals surface area contributed by atoms with Crippen molar-refractivity contribution in [3.8, 4) is 0 Å². The third kappa shape index (κ3) is 2.96. The van der Waals surface area contributed by atoms with Crippen LogP contribution in [0.1, 0.15) is 21.5 Å². The lowest BCUT2D eigenvalue weighted by molar-refractivity contribution is 0.0949. The van der Waals surface area contributed by atoms with Crippen LogP contribution in [0.3, 0.4) is 0 Å². The Labute approximate surface area is 131 Å². The molecule has 0 saturated carbocycles. The van der Waals surface area contributed by atoms with Crippen LogP contribution < -0.4 is 10.9 Å². The zero-order valence-corrected chi connectivity index (χ0v) is 12.4. The Balaban J connectivity index is 1.82. The van der Waals surface area contributed by atoms with Gasteiger partial charge in [-0.15, -0.1) is 0 Å². The number of amides is 1. The Morgan fingerprint density at radius 1 is 1.30 bits per heavy atom. The fourth-order valence-corrected chi connectivity index (χ4v) is 2.21. The Bertz CT molecular complexity index is 950. The standard InChI is InChI=1S/C17H14FN3O2/c1-11-5-6-12(8-14(11)18)9-20-16(22)13-10-19-15-4-2-3-7-21(15)17(13)23/h2-8,10H,9H2,1H3,(H,20,22). The Kier molecular flexibility index (Phi) is 3.89. The van der Waals surface area contributed by atoms with Gasteiger partial charge in [-0.2, -0.15) is 0 Å². The van der Waals surface area contributed by atoms with Gasteiger partial charge in [-0.25, -0.2) is 9.37 Å². The average Bonchev–Trinajstić information content (AvgIpc) is 2.56. The molecule has 0 saturated heterocycles. The Hall–Kier alpha value is -3.02. The van der Waals surface area contributed by atoms with Crippen molar-refractivity contribution in [3.63, 3.8) is 0 Å². The first kappa shape index (κ1) is 14.9. The molecule has 6 heteroatoms. The number of nitrogens with one attached hydrogen (secondary N) is 1. The summed E-state index contributed by atoms with van der Waals surface area (Å²) in [5, 5.41) is 2.61. The van der Waals surface area contributed by atoms with Gasteiger partial charge in [0.25, 0.3) is 11.5 Å².